The summed E-state index contributed by atoms with van der Waals surface area (Å²) in [4.78, 5) is 0. The minimum Gasteiger partial charge on any atom is -0.508 e. The van der Waals surface area contributed by atoms with E-state index in [2.05, 4.69) is 0 Å². The molecule has 0 saturated carbocycles. The zero-order valence-electron chi connectivity index (χ0n) is 14.3. The number of phenolic OH excluding ortho intramolecular Hbond substituents is 2. The summed E-state index contributed by atoms with van der Waals surface area (Å²) >= 11 is 25.0. The van der Waals surface area contributed by atoms with Crippen LogP contribution in [0.4, 0.5) is 0 Å². The lowest BCUT2D eigenvalue weighted by atomic mass is 9.83. The van der Waals surface area contributed by atoms with Gasteiger partial charge in [0.2, 0.25) is 0 Å². The van der Waals surface area contributed by atoms with E-state index in [-0.39, 0.29) is 42.5 Å². The van der Waals surface area contributed by atoms with Gasteiger partial charge in [0.25, 0.3) is 10.1 Å². The highest BCUT2D eigenvalue weighted by Gasteiger charge is 2.53. The molecule has 29 heavy (non-hydrogen) atoms. The van der Waals surface area contributed by atoms with Crippen LogP contribution in [0.1, 0.15) is 16.7 Å². The molecule has 0 aliphatic rings. The third-order valence-electron chi connectivity index (χ3n) is 4.36. The molecule has 0 spiro atoms. The van der Waals surface area contributed by atoms with Gasteiger partial charge in [0.1, 0.15) is 11.5 Å². The molecule has 5 nitrogen and oxygen atoms in total. The molecule has 0 bridgehead atoms. The molecule has 3 rings (SSSR count). The molecule has 1 unspecified atom stereocenters. The minimum atomic E-state index is -5.16. The van der Waals surface area contributed by atoms with Crippen LogP contribution in [0.15, 0.2) is 54.6 Å². The predicted molar refractivity (Wildman–Crippen MR) is 114 cm³/mol. The van der Waals surface area contributed by atoms with E-state index in [4.69, 9.17) is 46.4 Å². The van der Waals surface area contributed by atoms with Gasteiger partial charge in [-0.1, -0.05) is 64.6 Å². The third kappa shape index (κ3) is 3.65. The van der Waals surface area contributed by atoms with Gasteiger partial charge in [-0.15, -0.1) is 0 Å². The van der Waals surface area contributed by atoms with Crippen molar-refractivity contribution in [3.8, 4) is 11.5 Å². The normalized spacial score (nSPS) is 13.8. The summed E-state index contributed by atoms with van der Waals surface area (Å²) in [5.74, 6) is -0.838. The van der Waals surface area contributed by atoms with Crippen LogP contribution in [0.25, 0.3) is 0 Å². The Labute approximate surface area is 186 Å². The van der Waals surface area contributed by atoms with E-state index < -0.39 is 20.6 Å². The Morgan fingerprint density at radius 1 is 0.759 bits per heavy atom. The fraction of sp³-hybridized carbons (Fsp3) is 0.0526. The van der Waals surface area contributed by atoms with Crippen molar-refractivity contribution in [2.75, 3.05) is 0 Å². The summed E-state index contributed by atoms with van der Waals surface area (Å²) in [6.07, 6.45) is 0. The molecule has 1 atom stereocenters. The second-order valence-corrected chi connectivity index (χ2v) is 9.30. The van der Waals surface area contributed by atoms with Gasteiger partial charge in [-0.3, -0.25) is 4.55 Å². The highest BCUT2D eigenvalue weighted by molar-refractivity contribution is 7.87. The summed E-state index contributed by atoms with van der Waals surface area (Å²) in [6.45, 7) is 0. The van der Waals surface area contributed by atoms with Crippen molar-refractivity contribution in [2.24, 2.45) is 0 Å². The Hall–Kier alpha value is -1.67. The van der Waals surface area contributed by atoms with E-state index in [0.717, 1.165) is 24.3 Å². The van der Waals surface area contributed by atoms with Crippen LogP contribution in [0.3, 0.4) is 0 Å². The molecule has 10 heteroatoms. The molecule has 0 aliphatic heterocycles. The van der Waals surface area contributed by atoms with Crippen molar-refractivity contribution in [3.05, 3.63) is 91.4 Å². The average Bonchev–Trinajstić information content (AvgIpc) is 2.60. The van der Waals surface area contributed by atoms with Crippen molar-refractivity contribution < 1.29 is 23.2 Å². The zero-order valence-corrected chi connectivity index (χ0v) is 18.1. The molecular weight excluding hydrogens is 482 g/mol. The lowest BCUT2D eigenvalue weighted by Crippen LogP contribution is -2.39. The fourth-order valence-electron chi connectivity index (χ4n) is 3.25. The van der Waals surface area contributed by atoms with Crippen LogP contribution >= 0.6 is 46.4 Å². The van der Waals surface area contributed by atoms with Gasteiger partial charge in [-0.2, -0.15) is 8.42 Å². The lowest BCUT2D eigenvalue weighted by Gasteiger charge is -2.35. The first-order valence-electron chi connectivity index (χ1n) is 7.89. The van der Waals surface area contributed by atoms with Gasteiger partial charge in [0.05, 0.1) is 10.0 Å². The maximum atomic E-state index is 13.0. The smallest absolute Gasteiger partial charge is 0.283 e. The number of hydrogen-bond donors (Lipinski definition) is 3. The van der Waals surface area contributed by atoms with Crippen molar-refractivity contribution in [3.63, 3.8) is 0 Å². The van der Waals surface area contributed by atoms with E-state index in [9.17, 15) is 23.2 Å². The minimum absolute atomic E-state index is 0.0512. The van der Waals surface area contributed by atoms with E-state index >= 15 is 0 Å². The van der Waals surface area contributed by atoms with Crippen LogP contribution in [0.5, 0.6) is 11.5 Å². The molecule has 0 fully saturated rings. The quantitative estimate of drug-likeness (QED) is 0.311. The monoisotopic (exact) mass is 492 g/mol. The zero-order chi connectivity index (χ0) is 21.6. The van der Waals surface area contributed by atoms with Crippen LogP contribution in [0.2, 0.25) is 20.1 Å². The molecular formula is C19H12Cl4O5S. The molecule has 3 aromatic carbocycles. The van der Waals surface area contributed by atoms with Gasteiger partial charge in [0, 0.05) is 26.7 Å². The molecule has 152 valence electrons. The SMILES string of the molecule is O=S(=O)(O)C(c1cc(Cl)ccc1O)(c1ccccc1Cl)c1c(Cl)cc(O)cc1Cl. The number of rotatable bonds is 4. The fourth-order valence-corrected chi connectivity index (χ4v) is 6.01. The van der Waals surface area contributed by atoms with Crippen molar-refractivity contribution >= 4 is 56.5 Å². The summed E-state index contributed by atoms with van der Waals surface area (Å²) in [6, 6.07) is 11.6. The first-order valence-corrected chi connectivity index (χ1v) is 10.8. The Kier molecular flexibility index (Phi) is 5.98. The standard InChI is InChI=1S/C19H12Cl4O5S/c20-10-5-6-17(25)13(7-10)19(29(26,27)28,12-3-1-2-4-14(12)21)18-15(22)8-11(24)9-16(18)23/h1-9,24-25H,(H,26,27,28). The van der Waals surface area contributed by atoms with Crippen molar-refractivity contribution in [2.45, 2.75) is 4.75 Å². The van der Waals surface area contributed by atoms with Crippen molar-refractivity contribution in [1.29, 1.82) is 0 Å². The van der Waals surface area contributed by atoms with E-state index in [1.165, 1.54) is 24.3 Å². The van der Waals surface area contributed by atoms with Gasteiger partial charge < -0.3 is 10.2 Å². The largest absolute Gasteiger partial charge is 0.508 e. The van der Waals surface area contributed by atoms with Crippen LogP contribution < -0.4 is 0 Å². The molecule has 3 N–H and O–H groups in total. The van der Waals surface area contributed by atoms with E-state index in [1.54, 1.807) is 6.07 Å². The Bertz CT molecular complexity index is 1190. The molecule has 0 amide bonds. The summed E-state index contributed by atoms with van der Waals surface area (Å²) in [7, 11) is -5.16. The predicted octanol–water partition coefficient (Wildman–Crippen LogP) is 5.89. The third-order valence-corrected chi connectivity index (χ3v) is 6.94. The molecule has 3 aromatic rings. The number of hydrogen-bond acceptors (Lipinski definition) is 4. The molecule has 0 saturated heterocycles. The molecule has 0 aromatic heterocycles. The summed E-state index contributed by atoms with van der Waals surface area (Å²) in [5, 5.41) is 19.8. The van der Waals surface area contributed by atoms with E-state index in [1.807, 2.05) is 0 Å². The number of aromatic hydroxyl groups is 2. The second kappa shape index (κ2) is 7.87. The van der Waals surface area contributed by atoms with Crippen LogP contribution in [-0.4, -0.2) is 23.2 Å². The maximum Gasteiger partial charge on any atom is 0.283 e. The average molecular weight is 494 g/mol. The topological polar surface area (TPSA) is 94.8 Å². The van der Waals surface area contributed by atoms with Crippen LogP contribution in [-0.2, 0) is 14.9 Å². The lowest BCUT2D eigenvalue weighted by molar-refractivity contribution is 0.440. The number of halogens is 4. The molecule has 0 aliphatic carbocycles. The summed E-state index contributed by atoms with van der Waals surface area (Å²) < 4.78 is 34.0. The van der Waals surface area contributed by atoms with Gasteiger partial charge in [-0.05, 0) is 36.4 Å². The Morgan fingerprint density at radius 3 is 1.90 bits per heavy atom. The first kappa shape index (κ1) is 22.0. The Morgan fingerprint density at radius 2 is 1.34 bits per heavy atom. The number of phenols is 2. The van der Waals surface area contributed by atoms with Crippen LogP contribution in [0, 0.1) is 0 Å². The molecule has 0 radical (unpaired) electrons. The van der Waals surface area contributed by atoms with Gasteiger partial charge in [-0.25, -0.2) is 0 Å². The summed E-state index contributed by atoms with van der Waals surface area (Å²) in [5.41, 5.74) is -0.766. The molecule has 0 heterocycles. The van der Waals surface area contributed by atoms with E-state index in [0.29, 0.717) is 0 Å². The van der Waals surface area contributed by atoms with Gasteiger partial charge >= 0.3 is 0 Å². The van der Waals surface area contributed by atoms with Gasteiger partial charge in [0.15, 0.2) is 4.75 Å². The number of benzene rings is 3. The highest BCUT2D eigenvalue weighted by Crippen LogP contribution is 2.53. The highest BCUT2D eigenvalue weighted by atomic mass is 35.5. The Balaban J connectivity index is 2.68. The van der Waals surface area contributed by atoms with Crippen molar-refractivity contribution in [1.82, 2.24) is 0 Å². The first-order chi connectivity index (χ1) is 13.5. The maximum absolute atomic E-state index is 13.0. The second-order valence-electron chi connectivity index (χ2n) is 6.08.